The molecule has 1 atom stereocenters. The van der Waals surface area contributed by atoms with E-state index in [1.165, 1.54) is 0 Å². The lowest BCUT2D eigenvalue weighted by Gasteiger charge is -2.33. The quantitative estimate of drug-likeness (QED) is 0.797. The van der Waals surface area contributed by atoms with E-state index >= 15 is 0 Å². The number of nitrogens with zero attached hydrogens (tertiary/aromatic N) is 2. The van der Waals surface area contributed by atoms with Gasteiger partial charge in [0, 0.05) is 41.8 Å². The molecule has 1 unspecified atom stereocenters. The summed E-state index contributed by atoms with van der Waals surface area (Å²) in [6.45, 7) is 0.769. The summed E-state index contributed by atoms with van der Waals surface area (Å²) >= 11 is 0. The number of allylic oxidation sites excluding steroid dienone is 3. The van der Waals surface area contributed by atoms with Crippen molar-refractivity contribution < 1.29 is 19.0 Å². The van der Waals surface area contributed by atoms with Gasteiger partial charge in [0.15, 0.2) is 18.6 Å². The van der Waals surface area contributed by atoms with Crippen molar-refractivity contribution in [2.75, 3.05) is 18.4 Å². The summed E-state index contributed by atoms with van der Waals surface area (Å²) in [4.78, 5) is 32.8. The van der Waals surface area contributed by atoms with E-state index in [4.69, 9.17) is 0 Å². The van der Waals surface area contributed by atoms with Crippen molar-refractivity contribution in [3.8, 4) is 0 Å². The number of hydrogen-bond donors (Lipinski definition) is 2. The van der Waals surface area contributed by atoms with E-state index in [-0.39, 0.29) is 11.8 Å². The van der Waals surface area contributed by atoms with Crippen molar-refractivity contribution in [2.45, 2.75) is 25.2 Å². The second-order valence-corrected chi connectivity index (χ2v) is 7.82. The summed E-state index contributed by atoms with van der Waals surface area (Å²) in [7, 11) is 0. The minimum absolute atomic E-state index is 0.159. The van der Waals surface area contributed by atoms with Crippen molar-refractivity contribution in [1.29, 1.82) is 0 Å². The number of aromatic nitrogens is 1. The van der Waals surface area contributed by atoms with Crippen LogP contribution in [-0.4, -0.2) is 47.0 Å². The van der Waals surface area contributed by atoms with E-state index in [1.807, 2.05) is 42.6 Å². The standard InChI is InChI=1S/C23H22FN5O2/c24-16-8-12-28(13-9-16)23(31)21-27-20(19-6-1-2-11-29(19)21)22(30)26-18-5-3-4-15-14-25-10-7-17(15)18/h1-7,10-11,14,16,21,27H,8-9,12-13H2,(H,26,30)/p+1. The van der Waals surface area contributed by atoms with E-state index in [9.17, 15) is 14.0 Å². The molecule has 0 saturated carbocycles. The summed E-state index contributed by atoms with van der Waals surface area (Å²) in [5.74, 6) is -0.481. The van der Waals surface area contributed by atoms with E-state index in [1.54, 1.807) is 28.3 Å². The van der Waals surface area contributed by atoms with Gasteiger partial charge in [-0.15, -0.1) is 0 Å². The molecule has 0 spiro atoms. The number of carbonyl (C=O) groups excluding carboxylic acids is 2. The van der Waals surface area contributed by atoms with Crippen LogP contribution in [0.1, 0.15) is 12.8 Å². The molecular weight excluding hydrogens is 397 g/mol. The molecule has 2 aromatic rings. The average molecular weight is 420 g/mol. The Bertz CT molecular complexity index is 1130. The van der Waals surface area contributed by atoms with Crippen LogP contribution in [0.3, 0.4) is 0 Å². The Morgan fingerprint density at radius 3 is 2.84 bits per heavy atom. The zero-order valence-corrected chi connectivity index (χ0v) is 16.8. The molecule has 0 aliphatic carbocycles. The molecule has 3 N–H and O–H groups in total. The molecule has 4 heterocycles. The first kappa shape index (κ1) is 19.3. The van der Waals surface area contributed by atoms with Crippen molar-refractivity contribution in [3.05, 3.63) is 72.5 Å². The molecule has 2 amide bonds. The third-order valence-electron chi connectivity index (χ3n) is 5.88. The van der Waals surface area contributed by atoms with E-state index in [2.05, 4.69) is 15.6 Å². The van der Waals surface area contributed by atoms with Crippen LogP contribution in [0.2, 0.25) is 0 Å². The molecule has 0 radical (unpaired) electrons. The first-order chi connectivity index (χ1) is 15.1. The minimum atomic E-state index is -0.855. The highest BCUT2D eigenvalue weighted by Crippen LogP contribution is 2.29. The highest BCUT2D eigenvalue weighted by atomic mass is 19.1. The van der Waals surface area contributed by atoms with E-state index < -0.39 is 12.3 Å². The zero-order valence-electron chi connectivity index (χ0n) is 16.8. The average Bonchev–Trinajstić information content (AvgIpc) is 3.19. The van der Waals surface area contributed by atoms with Crippen molar-refractivity contribution >= 4 is 28.3 Å². The number of piperidine rings is 1. The first-order valence-electron chi connectivity index (χ1n) is 10.4. The van der Waals surface area contributed by atoms with Crippen LogP contribution in [0.25, 0.3) is 10.8 Å². The van der Waals surface area contributed by atoms with Crippen LogP contribution in [0, 0.1) is 0 Å². The number of halogens is 1. The number of carbonyl (C=O) groups is 2. The van der Waals surface area contributed by atoms with Gasteiger partial charge in [-0.1, -0.05) is 12.1 Å². The fourth-order valence-corrected chi connectivity index (χ4v) is 4.24. The predicted molar refractivity (Wildman–Crippen MR) is 114 cm³/mol. The van der Waals surface area contributed by atoms with Gasteiger partial charge in [-0.3, -0.25) is 9.59 Å². The number of aromatic amines is 1. The summed E-state index contributed by atoms with van der Waals surface area (Å²) in [6.07, 6.45) is 10.0. The number of likely N-dealkylation sites (tertiary alicyclic amines) is 1. The summed E-state index contributed by atoms with van der Waals surface area (Å²) < 4.78 is 13.5. The Morgan fingerprint density at radius 1 is 1.16 bits per heavy atom. The van der Waals surface area contributed by atoms with Crippen LogP contribution in [0.5, 0.6) is 0 Å². The third-order valence-corrected chi connectivity index (χ3v) is 5.88. The molecule has 1 aromatic carbocycles. The van der Waals surface area contributed by atoms with Gasteiger partial charge >= 0.3 is 0 Å². The number of H-pyrrole nitrogens is 1. The smallest absolute Gasteiger partial charge is 0.274 e. The molecule has 1 aromatic heterocycles. The fourth-order valence-electron chi connectivity index (χ4n) is 4.24. The molecule has 0 bridgehead atoms. The van der Waals surface area contributed by atoms with Crippen LogP contribution in [0.15, 0.2) is 72.5 Å². The fraction of sp³-hybridized carbons (Fsp3) is 0.261. The number of pyridine rings is 1. The van der Waals surface area contributed by atoms with Crippen molar-refractivity contribution in [3.63, 3.8) is 0 Å². The number of amides is 2. The first-order valence-corrected chi connectivity index (χ1v) is 10.4. The highest BCUT2D eigenvalue weighted by molar-refractivity contribution is 6.09. The van der Waals surface area contributed by atoms with E-state index in [0.717, 1.165) is 10.8 Å². The third kappa shape index (κ3) is 3.54. The monoisotopic (exact) mass is 420 g/mol. The Kier molecular flexibility index (Phi) is 4.89. The topological polar surface area (TPSA) is 78.8 Å². The molecule has 1 fully saturated rings. The van der Waals surface area contributed by atoms with Crippen molar-refractivity contribution in [1.82, 2.24) is 15.1 Å². The largest absolute Gasteiger partial charge is 0.351 e. The van der Waals surface area contributed by atoms with Gasteiger partial charge in [0.25, 0.3) is 11.8 Å². The molecule has 7 nitrogen and oxygen atoms in total. The van der Waals surface area contributed by atoms with Gasteiger partial charge in [0.2, 0.25) is 0 Å². The molecule has 3 aliphatic heterocycles. The molecule has 31 heavy (non-hydrogen) atoms. The Balaban J connectivity index is 1.39. The maximum atomic E-state index is 13.5. The Labute approximate surface area is 178 Å². The summed E-state index contributed by atoms with van der Waals surface area (Å²) in [5.41, 5.74) is 1.65. The van der Waals surface area contributed by atoms with Crippen molar-refractivity contribution in [2.24, 2.45) is 0 Å². The Morgan fingerprint density at radius 2 is 2.00 bits per heavy atom. The summed E-state index contributed by atoms with van der Waals surface area (Å²) in [6, 6.07) is 7.59. The Hall–Kier alpha value is -3.68. The number of rotatable bonds is 3. The van der Waals surface area contributed by atoms with Crippen LogP contribution in [-0.2, 0) is 9.59 Å². The molecule has 3 aliphatic rings. The van der Waals surface area contributed by atoms with Gasteiger partial charge in [-0.2, -0.15) is 0 Å². The van der Waals surface area contributed by atoms with E-state index in [0.29, 0.717) is 43.0 Å². The molecule has 158 valence electrons. The number of alkyl halides is 1. The zero-order chi connectivity index (χ0) is 21.4. The lowest BCUT2D eigenvalue weighted by atomic mass is 10.1. The number of nitrogens with one attached hydrogen (secondary N) is 3. The van der Waals surface area contributed by atoms with Gasteiger partial charge in [0.05, 0.1) is 5.70 Å². The van der Waals surface area contributed by atoms with Gasteiger partial charge in [-0.25, -0.2) is 9.37 Å². The summed E-state index contributed by atoms with van der Waals surface area (Å²) in [5, 5.41) is 7.97. The number of benzene rings is 1. The second-order valence-electron chi connectivity index (χ2n) is 7.82. The minimum Gasteiger partial charge on any atom is -0.351 e. The highest BCUT2D eigenvalue weighted by Gasteiger charge is 2.40. The maximum Gasteiger partial charge on any atom is 0.274 e. The molecular formula is C23H23FN5O2+. The maximum absolute atomic E-state index is 13.5. The molecule has 1 saturated heterocycles. The number of hydrogen-bond acceptors (Lipinski definition) is 4. The van der Waals surface area contributed by atoms with Gasteiger partial charge < -0.3 is 20.4 Å². The second kappa shape index (κ2) is 7.86. The SMILES string of the molecule is O=C(Nc1cccc2c[nH+]ccc12)C1=C2C=CC=CN2C(C(=O)N2CCC(F)CC2)N1. The predicted octanol–water partition coefficient (Wildman–Crippen LogP) is 2.08. The van der Waals surface area contributed by atoms with Gasteiger partial charge in [-0.05, 0) is 37.1 Å². The van der Waals surface area contributed by atoms with Crippen LogP contribution in [0.4, 0.5) is 10.1 Å². The van der Waals surface area contributed by atoms with Crippen LogP contribution >= 0.6 is 0 Å². The lowest BCUT2D eigenvalue weighted by molar-refractivity contribution is -0.375. The van der Waals surface area contributed by atoms with Crippen LogP contribution < -0.4 is 15.6 Å². The lowest BCUT2D eigenvalue weighted by Crippen LogP contribution is -2.52. The number of anilines is 1. The number of fused-ring (bicyclic) bond motifs is 2. The normalized spacial score (nSPS) is 20.7. The molecule has 8 heteroatoms. The van der Waals surface area contributed by atoms with Gasteiger partial charge in [0.1, 0.15) is 11.9 Å². The molecule has 5 rings (SSSR count).